The van der Waals surface area contributed by atoms with Gasteiger partial charge in [0.05, 0.1) is 7.11 Å². The van der Waals surface area contributed by atoms with Gasteiger partial charge in [0, 0.05) is 20.1 Å². The third kappa shape index (κ3) is 3.69. The molecule has 0 fully saturated rings. The molecule has 0 saturated heterocycles. The SMILES string of the molecule is COCCCCC(=O)C(C)(N=N)C(=O)OC. The van der Waals surface area contributed by atoms with Gasteiger partial charge in [0.25, 0.3) is 0 Å². The molecule has 0 rings (SSSR count). The molecule has 0 aromatic heterocycles. The van der Waals surface area contributed by atoms with Crippen molar-refractivity contribution in [1.82, 2.24) is 0 Å². The zero-order valence-electron chi connectivity index (χ0n) is 9.91. The van der Waals surface area contributed by atoms with Crippen molar-refractivity contribution in [3.8, 4) is 0 Å². The number of ketones is 1. The van der Waals surface area contributed by atoms with Crippen LogP contribution in [0.5, 0.6) is 0 Å². The number of methoxy groups -OCH3 is 2. The maximum absolute atomic E-state index is 11.7. The molecule has 0 spiro atoms. The molecule has 16 heavy (non-hydrogen) atoms. The van der Waals surface area contributed by atoms with Crippen molar-refractivity contribution in [3.05, 3.63) is 0 Å². The highest BCUT2D eigenvalue weighted by Gasteiger charge is 2.41. The first-order valence-electron chi connectivity index (χ1n) is 5.02. The Morgan fingerprint density at radius 3 is 2.38 bits per heavy atom. The highest BCUT2D eigenvalue weighted by molar-refractivity contribution is 6.08. The number of hydrogen-bond donors (Lipinski definition) is 1. The standard InChI is InChI=1S/C10H18N2O4/c1-10(12-11,9(14)16-3)8(13)6-4-5-7-15-2/h11H,4-7H2,1-3H3. The summed E-state index contributed by atoms with van der Waals surface area (Å²) >= 11 is 0. The third-order valence-electron chi connectivity index (χ3n) is 2.35. The predicted octanol–water partition coefficient (Wildman–Crippen LogP) is 1.33. The summed E-state index contributed by atoms with van der Waals surface area (Å²) in [6, 6.07) is 0. The Hall–Kier alpha value is -1.30. The van der Waals surface area contributed by atoms with E-state index in [2.05, 4.69) is 9.85 Å². The number of unbranched alkanes of at least 4 members (excludes halogenated alkanes) is 1. The highest BCUT2D eigenvalue weighted by atomic mass is 16.5. The molecule has 0 saturated carbocycles. The van der Waals surface area contributed by atoms with Gasteiger partial charge in [0.15, 0.2) is 5.78 Å². The molecule has 6 nitrogen and oxygen atoms in total. The quantitative estimate of drug-likeness (QED) is 0.295. The second-order valence-electron chi connectivity index (χ2n) is 3.55. The molecule has 1 unspecified atom stereocenters. The topological polar surface area (TPSA) is 88.8 Å². The molecule has 6 heteroatoms. The summed E-state index contributed by atoms with van der Waals surface area (Å²) in [4.78, 5) is 23.0. The molecule has 0 bridgehead atoms. The average molecular weight is 230 g/mol. The first-order chi connectivity index (χ1) is 7.52. The number of Topliss-reactive ketones (excluding diaryl/α,β-unsaturated/α-hetero) is 1. The number of nitrogens with one attached hydrogen (secondary N) is 1. The van der Waals surface area contributed by atoms with E-state index in [-0.39, 0.29) is 6.42 Å². The lowest BCUT2D eigenvalue weighted by Crippen LogP contribution is -2.42. The molecule has 92 valence electrons. The largest absolute Gasteiger partial charge is 0.467 e. The van der Waals surface area contributed by atoms with Crippen molar-refractivity contribution >= 4 is 11.8 Å². The van der Waals surface area contributed by atoms with Crippen LogP contribution in [-0.4, -0.2) is 38.1 Å². The Morgan fingerprint density at radius 1 is 1.31 bits per heavy atom. The number of esters is 1. The van der Waals surface area contributed by atoms with Gasteiger partial charge in [0.2, 0.25) is 5.54 Å². The lowest BCUT2D eigenvalue weighted by molar-refractivity contribution is -0.150. The average Bonchev–Trinajstić information content (AvgIpc) is 2.32. The normalized spacial score (nSPS) is 13.9. The minimum Gasteiger partial charge on any atom is -0.467 e. The van der Waals surface area contributed by atoms with E-state index in [1.807, 2.05) is 0 Å². The molecule has 0 aromatic carbocycles. The molecular weight excluding hydrogens is 212 g/mol. The number of ether oxygens (including phenoxy) is 2. The summed E-state index contributed by atoms with van der Waals surface area (Å²) in [7, 11) is 2.75. The molecule has 0 aliphatic rings. The molecule has 0 heterocycles. The van der Waals surface area contributed by atoms with Gasteiger partial charge in [0.1, 0.15) is 0 Å². The Morgan fingerprint density at radius 2 is 1.94 bits per heavy atom. The minimum atomic E-state index is -1.69. The number of nitrogens with zero attached hydrogens (tertiary/aromatic N) is 1. The fourth-order valence-electron chi connectivity index (χ4n) is 1.20. The van der Waals surface area contributed by atoms with E-state index in [9.17, 15) is 9.59 Å². The van der Waals surface area contributed by atoms with Crippen LogP contribution < -0.4 is 0 Å². The second kappa shape index (κ2) is 7.05. The van der Waals surface area contributed by atoms with Gasteiger partial charge < -0.3 is 9.47 Å². The molecule has 0 aliphatic carbocycles. The summed E-state index contributed by atoms with van der Waals surface area (Å²) < 4.78 is 9.30. The first kappa shape index (κ1) is 14.7. The van der Waals surface area contributed by atoms with Crippen molar-refractivity contribution < 1.29 is 19.1 Å². The minimum absolute atomic E-state index is 0.192. The maximum Gasteiger partial charge on any atom is 0.343 e. The van der Waals surface area contributed by atoms with E-state index in [4.69, 9.17) is 10.3 Å². The number of carbonyl (C=O) groups excluding carboxylic acids is 2. The Bertz CT molecular complexity index is 268. The number of hydrogen-bond acceptors (Lipinski definition) is 6. The summed E-state index contributed by atoms with van der Waals surface area (Å²) in [6.45, 7) is 1.87. The van der Waals surface area contributed by atoms with E-state index >= 15 is 0 Å². The van der Waals surface area contributed by atoms with Crippen molar-refractivity contribution in [1.29, 1.82) is 5.53 Å². The molecule has 1 N–H and O–H groups in total. The van der Waals surface area contributed by atoms with Crippen LogP contribution in [0.25, 0.3) is 0 Å². The highest BCUT2D eigenvalue weighted by Crippen LogP contribution is 2.17. The predicted molar refractivity (Wildman–Crippen MR) is 56.3 cm³/mol. The van der Waals surface area contributed by atoms with Gasteiger partial charge in [-0.2, -0.15) is 5.11 Å². The second-order valence-corrected chi connectivity index (χ2v) is 3.55. The van der Waals surface area contributed by atoms with E-state index in [1.54, 1.807) is 7.11 Å². The molecule has 1 atom stereocenters. The van der Waals surface area contributed by atoms with Gasteiger partial charge in [-0.15, -0.1) is 0 Å². The first-order valence-corrected chi connectivity index (χ1v) is 5.02. The fourth-order valence-corrected chi connectivity index (χ4v) is 1.20. The van der Waals surface area contributed by atoms with Gasteiger partial charge in [-0.3, -0.25) is 4.79 Å². The smallest absolute Gasteiger partial charge is 0.343 e. The molecule has 0 aromatic rings. The summed E-state index contributed by atoms with van der Waals surface area (Å²) in [6.07, 6.45) is 1.53. The van der Waals surface area contributed by atoms with E-state index < -0.39 is 17.3 Å². The van der Waals surface area contributed by atoms with Crippen LogP contribution in [0, 0.1) is 5.53 Å². The van der Waals surface area contributed by atoms with Crippen LogP contribution in [0.3, 0.4) is 0 Å². The molecular formula is C10H18N2O4. The Balaban J connectivity index is 4.31. The van der Waals surface area contributed by atoms with Crippen LogP contribution >= 0.6 is 0 Å². The third-order valence-corrected chi connectivity index (χ3v) is 2.35. The van der Waals surface area contributed by atoms with Crippen LogP contribution in [-0.2, 0) is 19.1 Å². The van der Waals surface area contributed by atoms with Crippen molar-refractivity contribution in [2.75, 3.05) is 20.8 Å². The number of carbonyl (C=O) groups is 2. The van der Waals surface area contributed by atoms with Gasteiger partial charge >= 0.3 is 5.97 Å². The zero-order chi connectivity index (χ0) is 12.6. The van der Waals surface area contributed by atoms with Crippen LogP contribution in [0.1, 0.15) is 26.2 Å². The van der Waals surface area contributed by atoms with Crippen molar-refractivity contribution in [2.45, 2.75) is 31.7 Å². The summed E-state index contributed by atoms with van der Waals surface area (Å²) in [5.74, 6) is -1.19. The maximum atomic E-state index is 11.7. The number of rotatable bonds is 8. The summed E-state index contributed by atoms with van der Waals surface area (Å²) in [5.41, 5.74) is 5.22. The van der Waals surface area contributed by atoms with Crippen LogP contribution in [0.4, 0.5) is 0 Å². The van der Waals surface area contributed by atoms with E-state index in [0.29, 0.717) is 13.0 Å². The Kier molecular flexibility index (Phi) is 6.48. The monoisotopic (exact) mass is 230 g/mol. The molecule has 0 radical (unpaired) electrons. The lowest BCUT2D eigenvalue weighted by Gasteiger charge is -2.18. The van der Waals surface area contributed by atoms with Crippen molar-refractivity contribution in [2.24, 2.45) is 5.11 Å². The van der Waals surface area contributed by atoms with Crippen LogP contribution in [0.2, 0.25) is 0 Å². The lowest BCUT2D eigenvalue weighted by atomic mass is 9.94. The molecule has 0 amide bonds. The summed E-state index contributed by atoms with van der Waals surface area (Å²) in [5, 5.41) is 3.08. The van der Waals surface area contributed by atoms with Gasteiger partial charge in [-0.1, -0.05) is 0 Å². The zero-order valence-corrected chi connectivity index (χ0v) is 9.91. The van der Waals surface area contributed by atoms with Crippen LogP contribution in [0.15, 0.2) is 5.11 Å². The van der Waals surface area contributed by atoms with Crippen molar-refractivity contribution in [3.63, 3.8) is 0 Å². The van der Waals surface area contributed by atoms with Gasteiger partial charge in [-0.05, 0) is 19.8 Å². The Labute approximate surface area is 94.8 Å². The van der Waals surface area contributed by atoms with E-state index in [0.717, 1.165) is 6.42 Å². The molecule has 0 aliphatic heterocycles. The fraction of sp³-hybridized carbons (Fsp3) is 0.800. The van der Waals surface area contributed by atoms with Gasteiger partial charge in [-0.25, -0.2) is 10.3 Å². The van der Waals surface area contributed by atoms with E-state index in [1.165, 1.54) is 14.0 Å².